The van der Waals surface area contributed by atoms with E-state index in [0.717, 1.165) is 6.07 Å². The summed E-state index contributed by atoms with van der Waals surface area (Å²) in [5.41, 5.74) is 10.5. The van der Waals surface area contributed by atoms with Gasteiger partial charge in [0.1, 0.15) is 11.9 Å². The van der Waals surface area contributed by atoms with Crippen molar-refractivity contribution in [2.24, 2.45) is 11.5 Å². The molecule has 1 unspecified atom stereocenters. The molecule has 19 heavy (non-hydrogen) atoms. The maximum atomic E-state index is 13.5. The van der Waals surface area contributed by atoms with Crippen LogP contribution in [0.25, 0.3) is 0 Å². The molecule has 0 saturated heterocycles. The maximum absolute atomic E-state index is 13.5. The van der Waals surface area contributed by atoms with Crippen LogP contribution in [0.15, 0.2) is 18.2 Å². The summed E-state index contributed by atoms with van der Waals surface area (Å²) in [4.78, 5) is 22.6. The Morgan fingerprint density at radius 1 is 1.47 bits per heavy atom. The highest BCUT2D eigenvalue weighted by atomic mass is 19.1. The lowest BCUT2D eigenvalue weighted by atomic mass is 10.1. The summed E-state index contributed by atoms with van der Waals surface area (Å²) in [6, 6.07) is 2.98. The Bertz CT molecular complexity index is 561. The van der Waals surface area contributed by atoms with E-state index in [1.807, 2.05) is 0 Å². The number of nitrogens with two attached hydrogens (primary N) is 2. The van der Waals surface area contributed by atoms with E-state index in [-0.39, 0.29) is 12.1 Å². The highest BCUT2D eigenvalue weighted by molar-refractivity contribution is 5.97. The van der Waals surface area contributed by atoms with Crippen molar-refractivity contribution in [1.29, 1.82) is 0 Å². The van der Waals surface area contributed by atoms with E-state index in [4.69, 9.17) is 11.5 Å². The summed E-state index contributed by atoms with van der Waals surface area (Å²) >= 11 is 0. The second-order valence-corrected chi connectivity index (χ2v) is 3.80. The first-order valence-corrected chi connectivity index (χ1v) is 5.54. The Hall–Kier alpha value is -2.39. The fourth-order valence-electron chi connectivity index (χ4n) is 1.28. The molecule has 5 nitrogen and oxygen atoms in total. The quantitative estimate of drug-likeness (QED) is 0.655. The predicted octanol–water partition coefficient (Wildman–Crippen LogP) is -0.260. The molecule has 0 heterocycles. The number of hydrogen-bond donors (Lipinski definition) is 3. The van der Waals surface area contributed by atoms with Gasteiger partial charge in [-0.2, -0.15) is 0 Å². The number of amides is 2. The lowest BCUT2D eigenvalue weighted by Crippen LogP contribution is -2.42. The van der Waals surface area contributed by atoms with Gasteiger partial charge in [-0.05, 0) is 25.1 Å². The molecule has 0 aliphatic rings. The van der Waals surface area contributed by atoms with Crippen LogP contribution in [-0.4, -0.2) is 24.4 Å². The van der Waals surface area contributed by atoms with Crippen LogP contribution in [0.4, 0.5) is 4.39 Å². The Balaban J connectivity index is 2.98. The topological polar surface area (TPSA) is 98.2 Å². The van der Waals surface area contributed by atoms with Gasteiger partial charge in [0.25, 0.3) is 5.91 Å². The van der Waals surface area contributed by atoms with Crippen LogP contribution >= 0.6 is 0 Å². The van der Waals surface area contributed by atoms with E-state index in [9.17, 15) is 14.0 Å². The summed E-state index contributed by atoms with van der Waals surface area (Å²) in [5, 5.41) is 2.29. The molecule has 2 amide bonds. The highest BCUT2D eigenvalue weighted by Gasteiger charge is 2.17. The van der Waals surface area contributed by atoms with Crippen LogP contribution in [0.2, 0.25) is 0 Å². The predicted molar refractivity (Wildman–Crippen MR) is 68.5 cm³/mol. The Labute approximate surface area is 110 Å². The monoisotopic (exact) mass is 263 g/mol. The molecule has 6 heteroatoms. The third kappa shape index (κ3) is 4.08. The molecule has 0 spiro atoms. The average molecular weight is 263 g/mol. The summed E-state index contributed by atoms with van der Waals surface area (Å²) in [5.74, 6) is 3.16. The molecule has 0 radical (unpaired) electrons. The summed E-state index contributed by atoms with van der Waals surface area (Å²) in [6.45, 7) is 1.58. The molecular weight excluding hydrogens is 249 g/mol. The Kier molecular flexibility index (Phi) is 5.03. The number of hydrogen-bond acceptors (Lipinski definition) is 3. The number of primary amides is 1. The minimum Gasteiger partial charge on any atom is -0.368 e. The molecule has 0 fully saturated rings. The number of nitrogens with one attached hydrogen (secondary N) is 1. The second-order valence-electron chi connectivity index (χ2n) is 3.80. The van der Waals surface area contributed by atoms with Crippen molar-refractivity contribution >= 4 is 11.8 Å². The average Bonchev–Trinajstić information content (AvgIpc) is 2.37. The van der Waals surface area contributed by atoms with Crippen molar-refractivity contribution in [3.63, 3.8) is 0 Å². The Morgan fingerprint density at radius 3 is 2.74 bits per heavy atom. The van der Waals surface area contributed by atoms with Crippen molar-refractivity contribution in [3.8, 4) is 11.8 Å². The van der Waals surface area contributed by atoms with Gasteiger partial charge >= 0.3 is 0 Å². The van der Waals surface area contributed by atoms with Gasteiger partial charge < -0.3 is 16.8 Å². The van der Waals surface area contributed by atoms with Gasteiger partial charge in [-0.1, -0.05) is 11.8 Å². The largest absolute Gasteiger partial charge is 0.368 e. The van der Waals surface area contributed by atoms with Gasteiger partial charge in [0, 0.05) is 5.56 Å². The van der Waals surface area contributed by atoms with Crippen LogP contribution in [-0.2, 0) is 4.79 Å². The van der Waals surface area contributed by atoms with Gasteiger partial charge in [-0.25, -0.2) is 4.39 Å². The van der Waals surface area contributed by atoms with Gasteiger partial charge in [0.05, 0.1) is 12.1 Å². The summed E-state index contributed by atoms with van der Waals surface area (Å²) < 4.78 is 13.5. The molecule has 5 N–H and O–H groups in total. The molecule has 0 saturated carbocycles. The molecule has 1 atom stereocenters. The number of benzene rings is 1. The van der Waals surface area contributed by atoms with Gasteiger partial charge in [0.15, 0.2) is 0 Å². The third-order valence-corrected chi connectivity index (χ3v) is 2.32. The number of carbonyl (C=O) groups is 2. The highest BCUT2D eigenvalue weighted by Crippen LogP contribution is 2.10. The molecule has 1 aromatic carbocycles. The van der Waals surface area contributed by atoms with E-state index < -0.39 is 23.7 Å². The van der Waals surface area contributed by atoms with Crippen molar-refractivity contribution < 1.29 is 14.0 Å². The molecule has 1 rings (SSSR count). The van der Waals surface area contributed by atoms with E-state index in [0.29, 0.717) is 5.56 Å². The first kappa shape index (κ1) is 14.7. The van der Waals surface area contributed by atoms with E-state index in [2.05, 4.69) is 17.2 Å². The Morgan fingerprint density at radius 2 is 2.16 bits per heavy atom. The number of rotatable bonds is 3. The first-order chi connectivity index (χ1) is 8.95. The zero-order valence-corrected chi connectivity index (χ0v) is 10.4. The minimum absolute atomic E-state index is 0.164. The standard InChI is InChI=1S/C13H14FN3O2/c1-8(12(16)18)17-13(19)10-7-9(3-2-6-15)4-5-11(10)14/h4-5,7-8H,6,15H2,1H3,(H2,16,18)(H,17,19). The van der Waals surface area contributed by atoms with Crippen LogP contribution < -0.4 is 16.8 Å². The van der Waals surface area contributed by atoms with Crippen molar-refractivity contribution in [1.82, 2.24) is 5.32 Å². The first-order valence-electron chi connectivity index (χ1n) is 5.54. The summed E-state index contributed by atoms with van der Waals surface area (Å²) in [6.07, 6.45) is 0. The van der Waals surface area contributed by atoms with Crippen LogP contribution in [0.1, 0.15) is 22.8 Å². The molecule has 0 aliphatic carbocycles. The fraction of sp³-hybridized carbons (Fsp3) is 0.231. The zero-order valence-electron chi connectivity index (χ0n) is 10.4. The van der Waals surface area contributed by atoms with Crippen molar-refractivity contribution in [2.45, 2.75) is 13.0 Å². The van der Waals surface area contributed by atoms with Crippen LogP contribution in [0.3, 0.4) is 0 Å². The lowest BCUT2D eigenvalue weighted by molar-refractivity contribution is -0.119. The maximum Gasteiger partial charge on any atom is 0.254 e. The van der Waals surface area contributed by atoms with Crippen LogP contribution in [0, 0.1) is 17.7 Å². The molecule has 100 valence electrons. The van der Waals surface area contributed by atoms with E-state index in [1.54, 1.807) is 0 Å². The van der Waals surface area contributed by atoms with E-state index >= 15 is 0 Å². The molecule has 0 aromatic heterocycles. The summed E-state index contributed by atoms with van der Waals surface area (Å²) in [7, 11) is 0. The number of carbonyl (C=O) groups excluding carboxylic acids is 2. The smallest absolute Gasteiger partial charge is 0.254 e. The zero-order chi connectivity index (χ0) is 14.4. The molecular formula is C13H14FN3O2. The normalized spacial score (nSPS) is 11.1. The minimum atomic E-state index is -0.884. The van der Waals surface area contributed by atoms with Crippen LogP contribution in [0.5, 0.6) is 0 Å². The van der Waals surface area contributed by atoms with Crippen molar-refractivity contribution in [2.75, 3.05) is 6.54 Å². The molecule has 1 aromatic rings. The van der Waals surface area contributed by atoms with Gasteiger partial charge in [0.2, 0.25) is 5.91 Å². The molecule has 0 aliphatic heterocycles. The number of halogens is 1. The lowest BCUT2D eigenvalue weighted by Gasteiger charge is -2.10. The van der Waals surface area contributed by atoms with Gasteiger partial charge in [-0.3, -0.25) is 9.59 Å². The third-order valence-electron chi connectivity index (χ3n) is 2.32. The van der Waals surface area contributed by atoms with Gasteiger partial charge in [-0.15, -0.1) is 0 Å². The fourth-order valence-corrected chi connectivity index (χ4v) is 1.28. The van der Waals surface area contributed by atoms with E-state index in [1.165, 1.54) is 19.1 Å². The second kappa shape index (κ2) is 6.52. The van der Waals surface area contributed by atoms with Crippen molar-refractivity contribution in [3.05, 3.63) is 35.1 Å². The molecule has 0 bridgehead atoms. The SMILES string of the molecule is CC(NC(=O)c1cc(C#CCN)ccc1F)C(N)=O.